The van der Waals surface area contributed by atoms with E-state index in [4.69, 9.17) is 14.6 Å². The number of hydrogen-bond donors (Lipinski definition) is 1. The summed E-state index contributed by atoms with van der Waals surface area (Å²) in [6, 6.07) is 9.23. The van der Waals surface area contributed by atoms with Crippen LogP contribution in [0.3, 0.4) is 0 Å². The molecule has 1 aromatic carbocycles. The van der Waals surface area contributed by atoms with Gasteiger partial charge < -0.3 is 19.5 Å². The lowest BCUT2D eigenvalue weighted by atomic mass is 10.3. The molecule has 1 aromatic rings. The van der Waals surface area contributed by atoms with Crippen LogP contribution in [-0.4, -0.2) is 55.3 Å². The Bertz CT molecular complexity index is 435. The lowest BCUT2D eigenvalue weighted by Gasteiger charge is -2.21. The third-order valence-corrected chi connectivity index (χ3v) is 2.84. The summed E-state index contributed by atoms with van der Waals surface area (Å²) in [5.74, 6) is -0.353. The molecule has 0 fully saturated rings. The summed E-state index contributed by atoms with van der Waals surface area (Å²) in [7, 11) is 1.54. The summed E-state index contributed by atoms with van der Waals surface area (Å²) in [5.41, 5.74) is 0. The minimum Gasteiger partial charge on any atom is -0.493 e. The number of hydrogen-bond acceptors (Lipinski definition) is 4. The van der Waals surface area contributed by atoms with Crippen LogP contribution in [0.1, 0.15) is 12.8 Å². The van der Waals surface area contributed by atoms with E-state index >= 15 is 0 Å². The Morgan fingerprint density at radius 2 is 1.81 bits per heavy atom. The van der Waals surface area contributed by atoms with Crippen LogP contribution in [0.2, 0.25) is 0 Å². The van der Waals surface area contributed by atoms with Crippen LogP contribution in [0.15, 0.2) is 30.3 Å². The summed E-state index contributed by atoms with van der Waals surface area (Å²) in [5, 5.41) is 8.70. The van der Waals surface area contributed by atoms with Crippen molar-refractivity contribution < 1.29 is 24.2 Å². The van der Waals surface area contributed by atoms with Crippen molar-refractivity contribution >= 4 is 11.9 Å². The zero-order valence-electron chi connectivity index (χ0n) is 12.2. The quantitative estimate of drug-likeness (QED) is 0.706. The summed E-state index contributed by atoms with van der Waals surface area (Å²) in [6.45, 7) is 1.21. The average molecular weight is 295 g/mol. The van der Waals surface area contributed by atoms with Gasteiger partial charge in [0.2, 0.25) is 5.91 Å². The van der Waals surface area contributed by atoms with Gasteiger partial charge in [-0.1, -0.05) is 18.2 Å². The Morgan fingerprint density at radius 1 is 1.10 bits per heavy atom. The maximum Gasteiger partial charge on any atom is 0.305 e. The molecule has 21 heavy (non-hydrogen) atoms. The SMILES string of the molecule is COCCN(CCC(=O)O)C(=O)CCOc1ccccc1. The molecule has 6 nitrogen and oxygen atoms in total. The maximum absolute atomic E-state index is 12.0. The fraction of sp³-hybridized carbons (Fsp3) is 0.467. The molecule has 1 rings (SSSR count). The highest BCUT2D eigenvalue weighted by atomic mass is 16.5. The molecule has 0 aliphatic heterocycles. The fourth-order valence-electron chi connectivity index (χ4n) is 1.72. The highest BCUT2D eigenvalue weighted by Gasteiger charge is 2.14. The molecule has 0 saturated heterocycles. The second kappa shape index (κ2) is 9.77. The Morgan fingerprint density at radius 3 is 2.43 bits per heavy atom. The highest BCUT2D eigenvalue weighted by molar-refractivity contribution is 5.77. The molecule has 116 valence electrons. The first kappa shape index (κ1) is 17.0. The van der Waals surface area contributed by atoms with Crippen molar-refractivity contribution in [1.82, 2.24) is 4.90 Å². The van der Waals surface area contributed by atoms with E-state index in [1.54, 1.807) is 7.11 Å². The van der Waals surface area contributed by atoms with Gasteiger partial charge in [-0.15, -0.1) is 0 Å². The third kappa shape index (κ3) is 7.31. The monoisotopic (exact) mass is 295 g/mol. The van der Waals surface area contributed by atoms with E-state index in [1.807, 2.05) is 30.3 Å². The molecule has 1 N–H and O–H groups in total. The first-order valence-corrected chi connectivity index (χ1v) is 6.80. The van der Waals surface area contributed by atoms with Gasteiger partial charge >= 0.3 is 5.97 Å². The Labute approximate surface area is 124 Å². The van der Waals surface area contributed by atoms with Gasteiger partial charge in [-0.3, -0.25) is 9.59 Å². The lowest BCUT2D eigenvalue weighted by molar-refractivity contribution is -0.138. The molecule has 0 bridgehead atoms. The number of aliphatic carboxylic acids is 1. The van der Waals surface area contributed by atoms with E-state index in [1.165, 1.54) is 4.90 Å². The number of carboxylic acid groups (broad SMARTS) is 1. The lowest BCUT2D eigenvalue weighted by Crippen LogP contribution is -2.36. The number of para-hydroxylation sites is 1. The second-order valence-corrected chi connectivity index (χ2v) is 4.43. The second-order valence-electron chi connectivity index (χ2n) is 4.43. The molecule has 0 atom stereocenters. The zero-order chi connectivity index (χ0) is 15.5. The smallest absolute Gasteiger partial charge is 0.305 e. The van der Waals surface area contributed by atoms with Gasteiger partial charge in [0.15, 0.2) is 0 Å². The summed E-state index contributed by atoms with van der Waals surface area (Å²) in [6.07, 6.45) is 0.132. The van der Waals surface area contributed by atoms with Crippen LogP contribution >= 0.6 is 0 Å². The van der Waals surface area contributed by atoms with Crippen LogP contribution in [0.5, 0.6) is 5.75 Å². The van der Waals surface area contributed by atoms with Crippen LogP contribution < -0.4 is 4.74 Å². The number of nitrogens with zero attached hydrogens (tertiary/aromatic N) is 1. The molecule has 0 radical (unpaired) electrons. The largest absolute Gasteiger partial charge is 0.493 e. The van der Waals surface area contributed by atoms with Crippen LogP contribution in [-0.2, 0) is 14.3 Å². The van der Waals surface area contributed by atoms with Gasteiger partial charge in [0.05, 0.1) is 26.1 Å². The van der Waals surface area contributed by atoms with Crippen molar-refractivity contribution in [2.75, 3.05) is 33.4 Å². The minimum absolute atomic E-state index is 0.0744. The molecule has 6 heteroatoms. The van der Waals surface area contributed by atoms with E-state index in [9.17, 15) is 9.59 Å². The molecular formula is C15H21NO5. The fourth-order valence-corrected chi connectivity index (χ4v) is 1.72. The van der Waals surface area contributed by atoms with Crippen molar-refractivity contribution in [3.05, 3.63) is 30.3 Å². The Balaban J connectivity index is 2.38. The molecule has 0 heterocycles. The third-order valence-electron chi connectivity index (χ3n) is 2.84. The number of carbonyl (C=O) groups is 2. The van der Waals surface area contributed by atoms with Crippen LogP contribution in [0, 0.1) is 0 Å². The molecule has 1 amide bonds. The van der Waals surface area contributed by atoms with E-state index < -0.39 is 5.97 Å². The van der Waals surface area contributed by atoms with Gasteiger partial charge in [-0.25, -0.2) is 0 Å². The molecule has 0 spiro atoms. The van der Waals surface area contributed by atoms with E-state index in [-0.39, 0.29) is 31.9 Å². The van der Waals surface area contributed by atoms with E-state index in [2.05, 4.69) is 0 Å². The van der Waals surface area contributed by atoms with Crippen molar-refractivity contribution in [2.45, 2.75) is 12.8 Å². The van der Waals surface area contributed by atoms with Crippen molar-refractivity contribution in [1.29, 1.82) is 0 Å². The predicted molar refractivity (Wildman–Crippen MR) is 77.3 cm³/mol. The van der Waals surface area contributed by atoms with Crippen molar-refractivity contribution in [2.24, 2.45) is 0 Å². The number of carboxylic acids is 1. The Hall–Kier alpha value is -2.08. The molecule has 0 aliphatic carbocycles. The van der Waals surface area contributed by atoms with Crippen LogP contribution in [0.4, 0.5) is 0 Å². The Kier molecular flexibility index (Phi) is 7.89. The van der Waals surface area contributed by atoms with Gasteiger partial charge in [-0.05, 0) is 12.1 Å². The zero-order valence-corrected chi connectivity index (χ0v) is 12.2. The van der Waals surface area contributed by atoms with E-state index in [0.717, 1.165) is 0 Å². The predicted octanol–water partition coefficient (Wildman–Crippen LogP) is 1.41. The summed E-state index contributed by atoms with van der Waals surface area (Å²) >= 11 is 0. The number of rotatable bonds is 10. The number of benzene rings is 1. The highest BCUT2D eigenvalue weighted by Crippen LogP contribution is 2.09. The number of carbonyl (C=O) groups excluding carboxylic acids is 1. The molecule has 0 unspecified atom stereocenters. The maximum atomic E-state index is 12.0. The molecule has 0 aliphatic rings. The number of amides is 1. The number of methoxy groups -OCH3 is 1. The first-order valence-electron chi connectivity index (χ1n) is 6.80. The van der Waals surface area contributed by atoms with Crippen molar-refractivity contribution in [3.63, 3.8) is 0 Å². The summed E-state index contributed by atoms with van der Waals surface area (Å²) in [4.78, 5) is 24.1. The molecule has 0 aromatic heterocycles. The molecule has 0 saturated carbocycles. The molecular weight excluding hydrogens is 274 g/mol. The number of ether oxygens (including phenoxy) is 2. The van der Waals surface area contributed by atoms with Gasteiger partial charge in [0.25, 0.3) is 0 Å². The van der Waals surface area contributed by atoms with Gasteiger partial charge in [0, 0.05) is 20.2 Å². The van der Waals surface area contributed by atoms with E-state index in [0.29, 0.717) is 18.9 Å². The minimum atomic E-state index is -0.925. The van der Waals surface area contributed by atoms with Gasteiger partial charge in [0.1, 0.15) is 5.75 Å². The topological polar surface area (TPSA) is 76.1 Å². The van der Waals surface area contributed by atoms with Gasteiger partial charge in [-0.2, -0.15) is 0 Å². The normalized spacial score (nSPS) is 10.1. The summed E-state index contributed by atoms with van der Waals surface area (Å²) < 4.78 is 10.4. The van der Waals surface area contributed by atoms with Crippen molar-refractivity contribution in [3.8, 4) is 5.75 Å². The first-order chi connectivity index (χ1) is 10.1. The standard InChI is InChI=1S/C15H21NO5/c1-20-12-10-16(9-7-15(18)19)14(17)8-11-21-13-5-3-2-4-6-13/h2-6H,7-12H2,1H3,(H,18,19). The van der Waals surface area contributed by atoms with Crippen LogP contribution in [0.25, 0.3) is 0 Å². The average Bonchev–Trinajstić information content (AvgIpc) is 2.48.